The second-order valence-electron chi connectivity index (χ2n) is 12.3. The maximum absolute atomic E-state index is 13.8. The maximum atomic E-state index is 13.8. The van der Waals surface area contributed by atoms with Gasteiger partial charge in [0.1, 0.15) is 23.7 Å². The predicted molar refractivity (Wildman–Crippen MR) is 117 cm³/mol. The number of carbonyl (C=O) groups excluding carboxylic acids is 4. The van der Waals surface area contributed by atoms with Crippen molar-refractivity contribution >= 4 is 34.0 Å². The number of hydrogen-bond donors (Lipinski definition) is 2. The zero-order valence-electron chi connectivity index (χ0n) is 22.0. The average Bonchev–Trinajstić information content (AvgIpc) is 3.51. The lowest BCUT2D eigenvalue weighted by Gasteiger charge is -2.48. The monoisotopic (exact) mass is 614 g/mol. The number of fused-ring (bicyclic) bond motifs is 1. The minimum Gasteiger partial charge on any atom is -0.456 e. The summed E-state index contributed by atoms with van der Waals surface area (Å²) in [5.41, 5.74) is -18.0. The molecule has 2 aliphatic carbocycles. The van der Waals surface area contributed by atoms with Gasteiger partial charge < -0.3 is 33.9 Å². The molecule has 12 atom stereocenters. The van der Waals surface area contributed by atoms with Gasteiger partial charge in [0, 0.05) is 12.8 Å². The van der Waals surface area contributed by atoms with Crippen molar-refractivity contribution < 1.29 is 78.8 Å². The number of aliphatic hydroxyl groups excluding tert-OH is 1. The van der Waals surface area contributed by atoms with Gasteiger partial charge in [-0.15, -0.1) is 0 Å². The molecule has 0 aromatic rings. The van der Waals surface area contributed by atoms with E-state index in [4.69, 9.17) is 27.9 Å². The Kier molecular flexibility index (Phi) is 5.23. The van der Waals surface area contributed by atoms with Gasteiger partial charge in [0.2, 0.25) is 18.0 Å². The second kappa shape index (κ2) is 7.50. The van der Waals surface area contributed by atoms with E-state index in [0.717, 1.165) is 13.8 Å². The lowest BCUT2D eigenvalue weighted by molar-refractivity contribution is -0.240. The van der Waals surface area contributed by atoms with Crippen LogP contribution in [0.2, 0.25) is 0 Å². The molecule has 4 heterocycles. The number of halogens is 3. The van der Waals surface area contributed by atoms with Crippen molar-refractivity contribution in [2.75, 3.05) is 0 Å². The number of esters is 4. The van der Waals surface area contributed by atoms with Crippen molar-refractivity contribution in [3.63, 3.8) is 0 Å². The van der Waals surface area contributed by atoms with Crippen molar-refractivity contribution in [3.05, 3.63) is 0 Å². The Balaban J connectivity index is 1.73. The number of ether oxygens (including phenoxy) is 5. The molecule has 6 rings (SSSR count). The molecule has 0 radical (unpaired) electrons. The van der Waals surface area contributed by atoms with E-state index in [2.05, 4.69) is 0 Å². The second-order valence-corrected chi connectivity index (χ2v) is 13.9. The van der Waals surface area contributed by atoms with Crippen LogP contribution in [0.3, 0.4) is 0 Å². The van der Waals surface area contributed by atoms with Gasteiger partial charge in [0.15, 0.2) is 11.7 Å². The van der Waals surface area contributed by atoms with Gasteiger partial charge in [-0.1, -0.05) is 20.8 Å². The third kappa shape index (κ3) is 2.64. The summed E-state index contributed by atoms with van der Waals surface area (Å²) in [7, 11) is -6.43. The molecule has 2 N–H and O–H groups in total. The zero-order valence-corrected chi connectivity index (χ0v) is 22.8. The highest BCUT2D eigenvalue weighted by molar-refractivity contribution is 7.87. The van der Waals surface area contributed by atoms with Gasteiger partial charge in [0.05, 0.1) is 11.3 Å². The van der Waals surface area contributed by atoms with Crippen LogP contribution < -0.4 is 0 Å². The molecule has 2 saturated carbocycles. The summed E-state index contributed by atoms with van der Waals surface area (Å²) in [4.78, 5) is 52.0. The summed E-state index contributed by atoms with van der Waals surface area (Å²) in [5, 5.41) is 24.1. The number of alkyl halides is 3. The highest BCUT2D eigenvalue weighted by atomic mass is 32.2. The lowest BCUT2D eigenvalue weighted by Crippen LogP contribution is -2.67. The van der Waals surface area contributed by atoms with Crippen LogP contribution in [0.4, 0.5) is 13.2 Å². The number of carbonyl (C=O) groups is 4. The molecule has 18 heteroatoms. The van der Waals surface area contributed by atoms with E-state index >= 15 is 0 Å². The predicted octanol–water partition coefficient (Wildman–Crippen LogP) is -0.954. The molecule has 0 amide bonds. The molecule has 2 spiro atoms. The molecule has 4 unspecified atom stereocenters. The molecular weight excluding hydrogens is 589 g/mol. The summed E-state index contributed by atoms with van der Waals surface area (Å²) < 4.78 is 98.0. The van der Waals surface area contributed by atoms with Crippen molar-refractivity contribution in [1.82, 2.24) is 0 Å². The Morgan fingerprint density at radius 2 is 1.63 bits per heavy atom. The van der Waals surface area contributed by atoms with E-state index in [1.54, 1.807) is 0 Å². The zero-order chi connectivity index (χ0) is 30.7. The first-order valence-corrected chi connectivity index (χ1v) is 13.9. The van der Waals surface area contributed by atoms with E-state index < -0.39 is 116 Å². The molecule has 0 bridgehead atoms. The maximum Gasteiger partial charge on any atom is 0.523 e. The Labute approximate surface area is 229 Å². The number of hydrogen-bond acceptors (Lipinski definition) is 14. The van der Waals surface area contributed by atoms with Gasteiger partial charge in [-0.3, -0.25) is 13.8 Å². The van der Waals surface area contributed by atoms with Crippen molar-refractivity contribution in [2.24, 2.45) is 28.1 Å². The fourth-order valence-corrected chi connectivity index (χ4v) is 9.43. The van der Waals surface area contributed by atoms with Crippen LogP contribution in [-0.4, -0.2) is 96.0 Å². The smallest absolute Gasteiger partial charge is 0.456 e. The molecule has 0 aromatic heterocycles. The molecule has 6 aliphatic rings. The molecular formula is C23H25F3O14S. The highest BCUT2D eigenvalue weighted by Crippen LogP contribution is 2.85. The van der Waals surface area contributed by atoms with E-state index in [0.29, 0.717) is 0 Å². The summed E-state index contributed by atoms with van der Waals surface area (Å²) >= 11 is 0. The van der Waals surface area contributed by atoms with Crippen LogP contribution >= 0.6 is 0 Å². The van der Waals surface area contributed by atoms with Crippen molar-refractivity contribution in [1.29, 1.82) is 0 Å². The van der Waals surface area contributed by atoms with Crippen molar-refractivity contribution in [2.45, 2.75) is 88.1 Å². The van der Waals surface area contributed by atoms with Crippen LogP contribution in [-0.2, 0) is 57.2 Å². The quantitative estimate of drug-likeness (QED) is 0.171. The highest BCUT2D eigenvalue weighted by Gasteiger charge is 3.06. The Bertz CT molecular complexity index is 1410. The topological polar surface area (TPSA) is 198 Å². The fraction of sp³-hybridized carbons (Fsp3) is 0.826. The summed E-state index contributed by atoms with van der Waals surface area (Å²) in [6.07, 6.45) is -12.9. The van der Waals surface area contributed by atoms with Crippen LogP contribution in [0.5, 0.6) is 0 Å². The first kappa shape index (κ1) is 28.6. The first-order valence-electron chi connectivity index (χ1n) is 12.5. The van der Waals surface area contributed by atoms with Crippen LogP contribution in [0.15, 0.2) is 0 Å². The molecule has 228 valence electrons. The molecule has 6 fully saturated rings. The molecule has 41 heavy (non-hydrogen) atoms. The minimum absolute atomic E-state index is 0.895. The molecule has 14 nitrogen and oxygen atoms in total. The normalized spacial score (nSPS) is 49.7. The fourth-order valence-electron chi connectivity index (χ4n) is 8.82. The lowest BCUT2D eigenvalue weighted by atomic mass is 9.51. The number of rotatable bonds is 3. The van der Waals surface area contributed by atoms with Gasteiger partial charge >= 0.3 is 39.5 Å². The molecule has 4 aliphatic heterocycles. The van der Waals surface area contributed by atoms with E-state index in [-0.39, 0.29) is 0 Å². The van der Waals surface area contributed by atoms with Gasteiger partial charge in [-0.25, -0.2) is 9.59 Å². The summed E-state index contributed by atoms with van der Waals surface area (Å²) in [6, 6.07) is 0. The summed E-state index contributed by atoms with van der Waals surface area (Å²) in [6.45, 7) is 6.31. The third-order valence-electron chi connectivity index (χ3n) is 9.70. The molecule has 4 saturated heterocycles. The summed E-state index contributed by atoms with van der Waals surface area (Å²) in [5.74, 6) is -8.26. The first-order chi connectivity index (χ1) is 18.6. The minimum atomic E-state index is -6.43. The average molecular weight is 615 g/mol. The number of aliphatic hydroxyl groups is 2. The van der Waals surface area contributed by atoms with E-state index in [1.165, 1.54) is 20.8 Å². The van der Waals surface area contributed by atoms with Crippen LogP contribution in [0.25, 0.3) is 0 Å². The van der Waals surface area contributed by atoms with E-state index in [1.807, 2.05) is 0 Å². The van der Waals surface area contributed by atoms with Gasteiger partial charge in [-0.05, 0) is 12.3 Å². The van der Waals surface area contributed by atoms with Crippen LogP contribution in [0, 0.1) is 28.1 Å². The van der Waals surface area contributed by atoms with Gasteiger partial charge in [-0.2, -0.15) is 21.6 Å². The van der Waals surface area contributed by atoms with E-state index in [9.17, 15) is 51.0 Å². The standard InChI is InChI=1S/C23H25F3O14S/c1-6-14(29)36-12-10(28)20-11-8(40-41(33,34)23(24,25)26)9(18(3,4)5)19(20)13(35-7(2)27)15(30)38-17(19)39-22(20,16(31)37-11)21(6,12)32/h6,8-13,17,28,32H,1-5H3/t6-,8-,9+,10+,11?,12+,13+,17?,19?,20?,21-,22+/m1/s1. The molecule has 0 aromatic carbocycles. The van der Waals surface area contributed by atoms with Crippen LogP contribution in [0.1, 0.15) is 34.6 Å². The van der Waals surface area contributed by atoms with Gasteiger partial charge in [0.25, 0.3) is 0 Å². The SMILES string of the molecule is CC(=O)O[C@H]1C(=O)OC2O[C@@]34C(=O)OC5[C@H](OS(=O)(=O)C(F)(F)F)[C@@H](C(C)(C)C)C21C53[C@@H](O)[C@@H]1OC(=O)[C@@H](C)[C@@]14O. The largest absolute Gasteiger partial charge is 0.523 e. The van der Waals surface area contributed by atoms with Crippen molar-refractivity contribution in [3.8, 4) is 0 Å². The Morgan fingerprint density at radius 3 is 2.17 bits per heavy atom. The Morgan fingerprint density at radius 1 is 1.02 bits per heavy atom. The Hall–Kier alpha value is -2.54. The third-order valence-corrected chi connectivity index (χ3v) is 10.7.